The maximum Gasteiger partial charge on any atom is 0.264 e. The lowest BCUT2D eigenvalue weighted by Gasteiger charge is -2.13. The minimum atomic E-state index is -3.53. The van der Waals surface area contributed by atoms with Gasteiger partial charge in [-0.25, -0.2) is 4.39 Å². The molecular weight excluding hydrogens is 334 g/mol. The molecule has 1 aromatic rings. The minimum Gasteiger partial charge on any atom is -0.262 e. The van der Waals surface area contributed by atoms with Crippen molar-refractivity contribution >= 4 is 32.7 Å². The fraction of sp³-hybridized carbons (Fsp3) is 0.333. The van der Waals surface area contributed by atoms with Gasteiger partial charge in [-0.3, -0.25) is 4.18 Å². The molecule has 84 valence electrons. The fourth-order valence-corrected chi connectivity index (χ4v) is 2.54. The topological polar surface area (TPSA) is 43.4 Å². The van der Waals surface area contributed by atoms with Gasteiger partial charge in [0.2, 0.25) is 0 Å². The highest BCUT2D eigenvalue weighted by atomic mass is 127. The van der Waals surface area contributed by atoms with Gasteiger partial charge >= 0.3 is 0 Å². The van der Waals surface area contributed by atoms with Gasteiger partial charge in [0.05, 0.1) is 6.26 Å². The molecule has 0 fully saturated rings. The third-order valence-corrected chi connectivity index (χ3v) is 3.34. The van der Waals surface area contributed by atoms with Gasteiger partial charge in [-0.2, -0.15) is 8.42 Å². The van der Waals surface area contributed by atoms with E-state index in [4.69, 9.17) is 4.18 Å². The van der Waals surface area contributed by atoms with E-state index in [9.17, 15) is 12.8 Å². The summed E-state index contributed by atoms with van der Waals surface area (Å²) >= 11 is 2.00. The second kappa shape index (κ2) is 4.75. The molecule has 0 aliphatic rings. The summed E-state index contributed by atoms with van der Waals surface area (Å²) in [7, 11) is -3.53. The first-order chi connectivity index (χ1) is 6.79. The quantitative estimate of drug-likeness (QED) is 0.625. The van der Waals surface area contributed by atoms with Crippen molar-refractivity contribution in [2.45, 2.75) is 13.0 Å². The van der Waals surface area contributed by atoms with Crippen molar-refractivity contribution in [1.29, 1.82) is 0 Å². The van der Waals surface area contributed by atoms with Crippen LogP contribution in [0.5, 0.6) is 0 Å². The molecule has 15 heavy (non-hydrogen) atoms. The summed E-state index contributed by atoms with van der Waals surface area (Å²) in [5.41, 5.74) is 0.529. The Balaban J connectivity index is 3.00. The number of hydrogen-bond donors (Lipinski definition) is 0. The molecule has 3 nitrogen and oxygen atoms in total. The molecule has 0 radical (unpaired) electrons. The maximum atomic E-state index is 12.9. The summed E-state index contributed by atoms with van der Waals surface area (Å²) in [6.45, 7) is 1.57. The van der Waals surface area contributed by atoms with Gasteiger partial charge in [0.1, 0.15) is 11.9 Å². The zero-order chi connectivity index (χ0) is 11.6. The largest absolute Gasteiger partial charge is 0.264 e. The average Bonchev–Trinajstić information content (AvgIpc) is 2.06. The van der Waals surface area contributed by atoms with Crippen LogP contribution in [0.3, 0.4) is 0 Å². The van der Waals surface area contributed by atoms with Crippen molar-refractivity contribution in [1.82, 2.24) is 0 Å². The van der Waals surface area contributed by atoms with Crippen LogP contribution in [0.15, 0.2) is 18.2 Å². The third-order valence-electron chi connectivity index (χ3n) is 1.72. The zero-order valence-corrected chi connectivity index (χ0v) is 11.2. The maximum absolute atomic E-state index is 12.9. The van der Waals surface area contributed by atoms with Crippen LogP contribution in [-0.2, 0) is 14.3 Å². The van der Waals surface area contributed by atoms with Gasteiger partial charge in [0, 0.05) is 3.57 Å². The van der Waals surface area contributed by atoms with Crippen molar-refractivity contribution in [2.24, 2.45) is 0 Å². The molecule has 0 unspecified atom stereocenters. The van der Waals surface area contributed by atoms with Gasteiger partial charge in [-0.1, -0.05) is 0 Å². The van der Waals surface area contributed by atoms with E-state index >= 15 is 0 Å². The molecule has 0 heterocycles. The van der Waals surface area contributed by atoms with Crippen LogP contribution in [0.2, 0.25) is 0 Å². The Bertz CT molecular complexity index is 458. The van der Waals surface area contributed by atoms with Crippen LogP contribution < -0.4 is 0 Å². The Morgan fingerprint density at radius 1 is 1.47 bits per heavy atom. The Morgan fingerprint density at radius 2 is 2.07 bits per heavy atom. The van der Waals surface area contributed by atoms with Gasteiger partial charge in [0.15, 0.2) is 0 Å². The lowest BCUT2D eigenvalue weighted by molar-refractivity contribution is 0.235. The SMILES string of the molecule is C[C@@H](OS(C)(=O)=O)c1cc(F)ccc1I. The standard InChI is InChI=1S/C9H10FIO3S/c1-6(14-15(2,12)13)8-5-7(10)3-4-9(8)11/h3-6H,1-2H3/t6-/m1/s1. The monoisotopic (exact) mass is 344 g/mol. The molecule has 1 aromatic carbocycles. The highest BCUT2D eigenvalue weighted by Gasteiger charge is 2.15. The number of rotatable bonds is 3. The van der Waals surface area contributed by atoms with Crippen molar-refractivity contribution < 1.29 is 17.0 Å². The number of hydrogen-bond acceptors (Lipinski definition) is 3. The Kier molecular flexibility index (Phi) is 4.07. The number of halogens is 2. The molecule has 0 aromatic heterocycles. The smallest absolute Gasteiger partial charge is 0.262 e. The first kappa shape index (κ1) is 12.9. The molecule has 6 heteroatoms. The normalized spacial score (nSPS) is 13.9. The fourth-order valence-electron chi connectivity index (χ4n) is 1.14. The molecule has 0 aliphatic heterocycles. The second-order valence-electron chi connectivity index (χ2n) is 3.11. The predicted molar refractivity (Wildman–Crippen MR) is 63.5 cm³/mol. The van der Waals surface area contributed by atoms with E-state index in [0.29, 0.717) is 5.56 Å². The van der Waals surface area contributed by atoms with E-state index in [-0.39, 0.29) is 0 Å². The first-order valence-corrected chi connectivity index (χ1v) is 7.02. The Labute approximate surface area is 102 Å². The van der Waals surface area contributed by atoms with Crippen LogP contribution in [-0.4, -0.2) is 14.7 Å². The summed E-state index contributed by atoms with van der Waals surface area (Å²) in [6.07, 6.45) is 0.290. The average molecular weight is 344 g/mol. The summed E-state index contributed by atoms with van der Waals surface area (Å²) < 4.78 is 40.2. The Hall–Kier alpha value is -0.210. The molecule has 0 N–H and O–H groups in total. The van der Waals surface area contributed by atoms with Gasteiger partial charge in [-0.15, -0.1) is 0 Å². The lowest BCUT2D eigenvalue weighted by Crippen LogP contribution is -2.08. The van der Waals surface area contributed by atoms with E-state index in [1.165, 1.54) is 12.1 Å². The van der Waals surface area contributed by atoms with E-state index < -0.39 is 22.0 Å². The molecule has 1 rings (SSSR count). The summed E-state index contributed by atoms with van der Waals surface area (Å²) in [6, 6.07) is 4.17. The third kappa shape index (κ3) is 4.04. The first-order valence-electron chi connectivity index (χ1n) is 4.13. The highest BCUT2D eigenvalue weighted by molar-refractivity contribution is 14.1. The van der Waals surface area contributed by atoms with E-state index in [1.807, 2.05) is 22.6 Å². The van der Waals surface area contributed by atoms with Gasteiger partial charge < -0.3 is 0 Å². The highest BCUT2D eigenvalue weighted by Crippen LogP contribution is 2.24. The van der Waals surface area contributed by atoms with Crippen LogP contribution >= 0.6 is 22.6 Å². The van der Waals surface area contributed by atoms with Crippen molar-refractivity contribution in [3.8, 4) is 0 Å². The molecular formula is C9H10FIO3S. The van der Waals surface area contributed by atoms with Crippen molar-refractivity contribution in [2.75, 3.05) is 6.26 Å². The lowest BCUT2D eigenvalue weighted by atomic mass is 10.1. The molecule has 0 saturated carbocycles. The van der Waals surface area contributed by atoms with Crippen LogP contribution in [0.25, 0.3) is 0 Å². The summed E-state index contributed by atoms with van der Waals surface area (Å²) in [5, 5.41) is 0. The van der Waals surface area contributed by atoms with E-state index in [1.54, 1.807) is 13.0 Å². The van der Waals surface area contributed by atoms with E-state index in [0.717, 1.165) is 9.83 Å². The minimum absolute atomic E-state index is 0.408. The molecule has 0 saturated heterocycles. The molecule has 0 aliphatic carbocycles. The number of benzene rings is 1. The predicted octanol–water partition coefficient (Wildman–Crippen LogP) is 2.47. The van der Waals surface area contributed by atoms with Crippen molar-refractivity contribution in [3.63, 3.8) is 0 Å². The molecule has 0 amide bonds. The molecule has 0 bridgehead atoms. The summed E-state index contributed by atoms with van der Waals surface area (Å²) in [4.78, 5) is 0. The van der Waals surface area contributed by atoms with Crippen LogP contribution in [0, 0.1) is 9.39 Å². The second-order valence-corrected chi connectivity index (χ2v) is 5.87. The summed E-state index contributed by atoms with van der Waals surface area (Å²) in [5.74, 6) is -0.408. The van der Waals surface area contributed by atoms with Crippen LogP contribution in [0.4, 0.5) is 4.39 Å². The van der Waals surface area contributed by atoms with Gasteiger partial charge in [0.25, 0.3) is 10.1 Å². The van der Waals surface area contributed by atoms with Gasteiger partial charge in [-0.05, 0) is 53.3 Å². The van der Waals surface area contributed by atoms with Crippen LogP contribution in [0.1, 0.15) is 18.6 Å². The van der Waals surface area contributed by atoms with E-state index in [2.05, 4.69) is 0 Å². The molecule has 0 spiro atoms. The zero-order valence-electron chi connectivity index (χ0n) is 8.20. The Morgan fingerprint density at radius 3 is 2.60 bits per heavy atom. The molecule has 1 atom stereocenters. The van der Waals surface area contributed by atoms with Crippen molar-refractivity contribution in [3.05, 3.63) is 33.1 Å².